The molecular formula is C15H15NO3S2. The molecule has 0 spiro atoms. The van der Waals surface area contributed by atoms with Crippen molar-refractivity contribution in [2.24, 2.45) is 0 Å². The summed E-state index contributed by atoms with van der Waals surface area (Å²) in [4.78, 5) is 26.5. The minimum absolute atomic E-state index is 0.228. The fourth-order valence-electron chi connectivity index (χ4n) is 2.60. The molecule has 2 N–H and O–H groups in total. The van der Waals surface area contributed by atoms with Crippen LogP contribution in [0.3, 0.4) is 0 Å². The van der Waals surface area contributed by atoms with Crippen LogP contribution in [-0.2, 0) is 12.8 Å². The Morgan fingerprint density at radius 2 is 1.95 bits per heavy atom. The Bertz CT molecular complexity index is 715. The molecule has 6 heteroatoms. The number of aromatic carboxylic acids is 1. The van der Waals surface area contributed by atoms with Crippen molar-refractivity contribution in [1.29, 1.82) is 0 Å². The molecule has 0 aromatic carbocycles. The lowest BCUT2D eigenvalue weighted by molar-refractivity contribution is 0.0697. The Hall–Kier alpha value is -1.66. The van der Waals surface area contributed by atoms with E-state index in [9.17, 15) is 14.7 Å². The van der Waals surface area contributed by atoms with Crippen molar-refractivity contribution >= 4 is 39.6 Å². The lowest BCUT2D eigenvalue weighted by Gasteiger charge is -2.10. The summed E-state index contributed by atoms with van der Waals surface area (Å²) in [7, 11) is 0. The van der Waals surface area contributed by atoms with Crippen LogP contribution in [0.5, 0.6) is 0 Å². The molecule has 0 fully saturated rings. The minimum atomic E-state index is -0.952. The maximum atomic E-state index is 12.2. The van der Waals surface area contributed by atoms with Gasteiger partial charge in [-0.15, -0.1) is 22.7 Å². The molecule has 0 saturated heterocycles. The second-order valence-electron chi connectivity index (χ2n) is 5.08. The number of rotatable bonds is 3. The van der Waals surface area contributed by atoms with Crippen LogP contribution in [0, 0.1) is 6.92 Å². The van der Waals surface area contributed by atoms with Crippen LogP contribution in [-0.4, -0.2) is 17.0 Å². The Balaban J connectivity index is 1.93. The third-order valence-electron chi connectivity index (χ3n) is 3.58. The second-order valence-corrected chi connectivity index (χ2v) is 7.48. The van der Waals surface area contributed by atoms with Gasteiger partial charge in [0.1, 0.15) is 5.00 Å². The number of fused-ring (bicyclic) bond motifs is 1. The van der Waals surface area contributed by atoms with Crippen LogP contribution in [0.15, 0.2) is 12.1 Å². The zero-order chi connectivity index (χ0) is 15.0. The van der Waals surface area contributed by atoms with E-state index in [1.165, 1.54) is 22.7 Å². The van der Waals surface area contributed by atoms with Crippen LogP contribution in [0.1, 0.15) is 48.2 Å². The Morgan fingerprint density at radius 1 is 1.19 bits per heavy atom. The van der Waals surface area contributed by atoms with Crippen LogP contribution in [0.4, 0.5) is 5.00 Å². The van der Waals surface area contributed by atoms with E-state index in [0.717, 1.165) is 41.0 Å². The highest BCUT2D eigenvalue weighted by molar-refractivity contribution is 7.17. The van der Waals surface area contributed by atoms with Crippen LogP contribution in [0.25, 0.3) is 0 Å². The molecule has 4 nitrogen and oxygen atoms in total. The molecule has 0 saturated carbocycles. The van der Waals surface area contributed by atoms with Gasteiger partial charge in [0.15, 0.2) is 0 Å². The number of anilines is 1. The highest BCUT2D eigenvalue weighted by atomic mass is 32.1. The van der Waals surface area contributed by atoms with Crippen molar-refractivity contribution < 1.29 is 14.7 Å². The SMILES string of the molecule is Cc1ccc(C(=O)Nc2sc3c(c2C(=O)O)CCCC3)s1. The number of amides is 1. The third-order valence-corrected chi connectivity index (χ3v) is 5.78. The van der Waals surface area contributed by atoms with Crippen molar-refractivity contribution in [2.45, 2.75) is 32.6 Å². The molecule has 110 valence electrons. The fraction of sp³-hybridized carbons (Fsp3) is 0.333. The number of nitrogens with one attached hydrogen (secondary N) is 1. The van der Waals surface area contributed by atoms with Gasteiger partial charge >= 0.3 is 5.97 Å². The van der Waals surface area contributed by atoms with Crippen LogP contribution in [0.2, 0.25) is 0 Å². The number of aryl methyl sites for hydroxylation is 2. The number of thiophene rings is 2. The summed E-state index contributed by atoms with van der Waals surface area (Å²) < 4.78 is 0. The smallest absolute Gasteiger partial charge is 0.339 e. The normalized spacial score (nSPS) is 13.8. The molecule has 3 rings (SSSR count). The molecule has 0 atom stereocenters. The second kappa shape index (κ2) is 5.61. The first-order valence-electron chi connectivity index (χ1n) is 6.82. The summed E-state index contributed by atoms with van der Waals surface area (Å²) >= 11 is 2.82. The summed E-state index contributed by atoms with van der Waals surface area (Å²) in [5, 5.41) is 12.7. The van der Waals surface area contributed by atoms with Gasteiger partial charge in [-0.2, -0.15) is 0 Å². The number of carbonyl (C=O) groups is 2. The lowest BCUT2D eigenvalue weighted by atomic mass is 9.95. The maximum Gasteiger partial charge on any atom is 0.339 e. The van der Waals surface area contributed by atoms with Gasteiger partial charge in [0.2, 0.25) is 0 Å². The van der Waals surface area contributed by atoms with Crippen molar-refractivity contribution in [3.63, 3.8) is 0 Å². The molecule has 0 bridgehead atoms. The Labute approximate surface area is 130 Å². The summed E-state index contributed by atoms with van der Waals surface area (Å²) in [5.74, 6) is -1.18. The van der Waals surface area contributed by atoms with E-state index in [-0.39, 0.29) is 11.5 Å². The maximum absolute atomic E-state index is 12.2. The highest BCUT2D eigenvalue weighted by Crippen LogP contribution is 2.38. The van der Waals surface area contributed by atoms with Gasteiger partial charge in [-0.1, -0.05) is 0 Å². The topological polar surface area (TPSA) is 66.4 Å². The molecule has 1 aliphatic rings. The van der Waals surface area contributed by atoms with Gasteiger partial charge < -0.3 is 10.4 Å². The molecular weight excluding hydrogens is 306 g/mol. The molecule has 0 aliphatic heterocycles. The summed E-state index contributed by atoms with van der Waals surface area (Å²) in [6.07, 6.45) is 3.81. The molecule has 1 amide bonds. The average molecular weight is 321 g/mol. The molecule has 1 aliphatic carbocycles. The van der Waals surface area contributed by atoms with Gasteiger partial charge in [-0.05, 0) is 50.3 Å². The van der Waals surface area contributed by atoms with Crippen LogP contribution >= 0.6 is 22.7 Å². The lowest BCUT2D eigenvalue weighted by Crippen LogP contribution is -2.13. The average Bonchev–Trinajstić information content (AvgIpc) is 3.01. The van der Waals surface area contributed by atoms with Gasteiger partial charge in [-0.25, -0.2) is 4.79 Å². The molecule has 2 aromatic rings. The number of carbonyl (C=O) groups excluding carboxylic acids is 1. The summed E-state index contributed by atoms with van der Waals surface area (Å²) in [5.41, 5.74) is 1.20. The number of carboxylic acids is 1. The first-order chi connectivity index (χ1) is 10.1. The summed E-state index contributed by atoms with van der Waals surface area (Å²) in [6, 6.07) is 3.65. The van der Waals surface area contributed by atoms with E-state index in [1.54, 1.807) is 6.07 Å². The van der Waals surface area contributed by atoms with Crippen molar-refractivity contribution in [3.05, 3.63) is 37.9 Å². The van der Waals surface area contributed by atoms with E-state index >= 15 is 0 Å². The van der Waals surface area contributed by atoms with Crippen molar-refractivity contribution in [2.75, 3.05) is 5.32 Å². The number of hydrogen-bond donors (Lipinski definition) is 2. The van der Waals surface area contributed by atoms with Crippen LogP contribution < -0.4 is 5.32 Å². The Kier molecular flexibility index (Phi) is 3.82. The van der Waals surface area contributed by atoms with E-state index < -0.39 is 5.97 Å². The van der Waals surface area contributed by atoms with Gasteiger partial charge in [-0.3, -0.25) is 4.79 Å². The zero-order valence-electron chi connectivity index (χ0n) is 11.6. The van der Waals surface area contributed by atoms with E-state index in [1.807, 2.05) is 13.0 Å². The van der Waals surface area contributed by atoms with Gasteiger partial charge in [0.25, 0.3) is 5.91 Å². The fourth-order valence-corrected chi connectivity index (χ4v) is 4.64. The predicted molar refractivity (Wildman–Crippen MR) is 84.9 cm³/mol. The highest BCUT2D eigenvalue weighted by Gasteiger charge is 2.26. The van der Waals surface area contributed by atoms with Crippen molar-refractivity contribution in [3.8, 4) is 0 Å². The molecule has 0 unspecified atom stereocenters. The largest absolute Gasteiger partial charge is 0.478 e. The summed E-state index contributed by atoms with van der Waals surface area (Å²) in [6.45, 7) is 1.94. The van der Waals surface area contributed by atoms with Crippen molar-refractivity contribution in [1.82, 2.24) is 0 Å². The number of carboxylic acid groups (broad SMARTS) is 1. The molecule has 0 radical (unpaired) electrons. The van der Waals surface area contributed by atoms with E-state index in [2.05, 4.69) is 5.32 Å². The predicted octanol–water partition coefficient (Wildman–Crippen LogP) is 3.95. The molecule has 21 heavy (non-hydrogen) atoms. The first-order valence-corrected chi connectivity index (χ1v) is 8.45. The minimum Gasteiger partial charge on any atom is -0.478 e. The zero-order valence-corrected chi connectivity index (χ0v) is 13.2. The van der Waals surface area contributed by atoms with Gasteiger partial charge in [0, 0.05) is 9.75 Å². The first kappa shape index (κ1) is 14.3. The monoisotopic (exact) mass is 321 g/mol. The Morgan fingerprint density at radius 3 is 2.62 bits per heavy atom. The quantitative estimate of drug-likeness (QED) is 0.899. The van der Waals surface area contributed by atoms with E-state index in [4.69, 9.17) is 0 Å². The van der Waals surface area contributed by atoms with Gasteiger partial charge in [0.05, 0.1) is 10.4 Å². The number of hydrogen-bond acceptors (Lipinski definition) is 4. The molecule has 2 aromatic heterocycles. The standard InChI is InChI=1S/C15H15NO3S2/c1-8-6-7-11(20-8)13(17)16-14-12(15(18)19)9-4-2-3-5-10(9)21-14/h6-7H,2-5H2,1H3,(H,16,17)(H,18,19). The molecule has 2 heterocycles. The van der Waals surface area contributed by atoms with E-state index in [0.29, 0.717) is 9.88 Å². The third kappa shape index (κ3) is 2.73.